The summed E-state index contributed by atoms with van der Waals surface area (Å²) in [5.41, 5.74) is 6.80. The Morgan fingerprint density at radius 1 is 0.786 bits per heavy atom. The monoisotopic (exact) mass is 642 g/mol. The summed E-state index contributed by atoms with van der Waals surface area (Å²) in [6.45, 7) is 23.2. The summed E-state index contributed by atoms with van der Waals surface area (Å²) in [6.07, 6.45) is 3.53. The normalized spacial score (nSPS) is 30.5. The first-order valence-electron chi connectivity index (χ1n) is 16.6. The SMILES string of the molecule is CCCCOCCBr.CCCOCCN1CC2C(C1)C2(C)c1cccc(C)c1.Cc1cccc(C2(C)C3CNCC32)c1.[HH]. The summed E-state index contributed by atoms with van der Waals surface area (Å²) in [5, 5.41) is 4.42. The molecule has 5 heteroatoms. The maximum atomic E-state index is 5.61. The van der Waals surface area contributed by atoms with Crippen LogP contribution in [-0.4, -0.2) is 69.4 Å². The first-order valence-corrected chi connectivity index (χ1v) is 17.7. The number of unbranched alkanes of at least 4 members (excludes halogenated alkanes) is 1. The van der Waals surface area contributed by atoms with Crippen LogP contribution in [0.15, 0.2) is 48.5 Å². The van der Waals surface area contributed by atoms with Crippen molar-refractivity contribution in [3.8, 4) is 0 Å². The Balaban J connectivity index is 0.000000192. The molecule has 6 rings (SSSR count). The third-order valence-electron chi connectivity index (χ3n) is 10.5. The molecule has 0 radical (unpaired) electrons. The van der Waals surface area contributed by atoms with Gasteiger partial charge in [-0.05, 0) is 74.6 Å². The first kappa shape index (κ1) is 33.6. The molecule has 0 amide bonds. The van der Waals surface area contributed by atoms with Gasteiger partial charge in [-0.25, -0.2) is 0 Å². The molecule has 0 aromatic heterocycles. The number of rotatable bonds is 12. The van der Waals surface area contributed by atoms with Gasteiger partial charge in [0.05, 0.1) is 13.2 Å². The zero-order valence-corrected chi connectivity index (χ0v) is 28.8. The van der Waals surface area contributed by atoms with E-state index >= 15 is 0 Å². The lowest BCUT2D eigenvalue weighted by atomic mass is 9.91. The van der Waals surface area contributed by atoms with Crippen LogP contribution in [0.2, 0.25) is 0 Å². The number of fused-ring (bicyclic) bond motifs is 2. The minimum atomic E-state index is 0. The van der Waals surface area contributed by atoms with Crippen molar-refractivity contribution in [3.63, 3.8) is 0 Å². The Hall–Kier alpha value is -1.24. The molecule has 2 saturated heterocycles. The van der Waals surface area contributed by atoms with Crippen LogP contribution in [0.3, 0.4) is 0 Å². The van der Waals surface area contributed by atoms with E-state index in [1.807, 2.05) is 0 Å². The molecule has 42 heavy (non-hydrogen) atoms. The fourth-order valence-corrected chi connectivity index (χ4v) is 7.83. The molecule has 0 spiro atoms. The van der Waals surface area contributed by atoms with Crippen molar-refractivity contribution in [1.82, 2.24) is 10.2 Å². The lowest BCUT2D eigenvalue weighted by Crippen LogP contribution is -2.31. The number of likely N-dealkylation sites (tertiary alicyclic amines) is 1. The van der Waals surface area contributed by atoms with Gasteiger partial charge >= 0.3 is 0 Å². The molecule has 236 valence electrons. The smallest absolute Gasteiger partial charge is 0.0593 e. The highest BCUT2D eigenvalue weighted by molar-refractivity contribution is 9.09. The van der Waals surface area contributed by atoms with Crippen LogP contribution in [-0.2, 0) is 20.3 Å². The van der Waals surface area contributed by atoms with E-state index in [0.717, 1.165) is 68.4 Å². The van der Waals surface area contributed by atoms with E-state index in [0.29, 0.717) is 10.8 Å². The Bertz CT molecular complexity index is 1090. The molecule has 2 saturated carbocycles. The highest BCUT2D eigenvalue weighted by Crippen LogP contribution is 2.63. The minimum Gasteiger partial charge on any atom is -0.381 e. The number of hydrogen-bond donors (Lipinski definition) is 1. The topological polar surface area (TPSA) is 33.7 Å². The van der Waals surface area contributed by atoms with Gasteiger partial charge in [-0.1, -0.05) is 110 Å². The first-order chi connectivity index (χ1) is 20.3. The number of nitrogens with zero attached hydrogens (tertiary/aromatic N) is 1. The van der Waals surface area contributed by atoms with Gasteiger partial charge in [-0.3, -0.25) is 0 Å². The Labute approximate surface area is 266 Å². The molecule has 0 bridgehead atoms. The Kier molecular flexibility index (Phi) is 12.5. The number of nitrogens with one attached hydrogen (secondary N) is 1. The van der Waals surface area contributed by atoms with E-state index < -0.39 is 0 Å². The highest BCUT2D eigenvalue weighted by Gasteiger charge is 2.65. The average molecular weight is 644 g/mol. The van der Waals surface area contributed by atoms with Gasteiger partial charge in [0.15, 0.2) is 0 Å². The van der Waals surface area contributed by atoms with E-state index in [1.165, 1.54) is 50.1 Å². The average Bonchev–Trinajstić information content (AvgIpc) is 3.47. The quantitative estimate of drug-likeness (QED) is 0.189. The molecule has 2 heterocycles. The predicted octanol–water partition coefficient (Wildman–Crippen LogP) is 7.79. The maximum Gasteiger partial charge on any atom is 0.0593 e. The van der Waals surface area contributed by atoms with Crippen molar-refractivity contribution in [1.29, 1.82) is 0 Å². The number of piperidine rings is 2. The third-order valence-corrected chi connectivity index (χ3v) is 10.8. The molecular formula is C37H59BrN2O2. The highest BCUT2D eigenvalue weighted by atomic mass is 79.9. The van der Waals surface area contributed by atoms with Gasteiger partial charge in [-0.15, -0.1) is 0 Å². The number of ether oxygens (including phenoxy) is 2. The number of hydrogen-bond acceptors (Lipinski definition) is 4. The standard InChI is InChI=1S/C18H27NO.C13H17N.C6H13BrO.H2/c1-4-9-20-10-8-19-12-16-17(13-19)18(16,3)15-7-5-6-14(2)11-15;1-9-4-3-5-10(6-9)13(2)11-7-14-8-12(11)13;1-2-3-5-8-6-4-7;/h5-7,11,16-17H,4,8-10,12-13H2,1-3H3;3-6,11-12,14H,7-8H2,1-2H3;2-6H2,1H3;1H. The van der Waals surface area contributed by atoms with Crippen molar-refractivity contribution in [3.05, 3.63) is 70.8 Å². The second-order valence-electron chi connectivity index (χ2n) is 13.4. The van der Waals surface area contributed by atoms with E-state index in [2.05, 4.69) is 116 Å². The van der Waals surface area contributed by atoms with Crippen molar-refractivity contribution in [2.24, 2.45) is 23.7 Å². The molecule has 2 aromatic rings. The van der Waals surface area contributed by atoms with Crippen LogP contribution >= 0.6 is 15.9 Å². The molecule has 2 aromatic carbocycles. The third kappa shape index (κ3) is 7.88. The minimum absolute atomic E-state index is 0. The van der Waals surface area contributed by atoms with Crippen molar-refractivity contribution < 1.29 is 10.9 Å². The molecule has 4 atom stereocenters. The summed E-state index contributed by atoms with van der Waals surface area (Å²) >= 11 is 3.28. The van der Waals surface area contributed by atoms with Gasteiger partial charge in [-0.2, -0.15) is 0 Å². The molecule has 4 fully saturated rings. The maximum absolute atomic E-state index is 5.61. The van der Waals surface area contributed by atoms with Gasteiger partial charge in [0.25, 0.3) is 0 Å². The van der Waals surface area contributed by atoms with Crippen LogP contribution < -0.4 is 5.32 Å². The zero-order chi connectivity index (χ0) is 30.2. The number of aryl methyl sites for hydroxylation is 2. The number of alkyl halides is 1. The second-order valence-corrected chi connectivity index (χ2v) is 14.2. The van der Waals surface area contributed by atoms with E-state index in [-0.39, 0.29) is 1.43 Å². The molecular weight excluding hydrogens is 584 g/mol. The molecule has 4 aliphatic rings. The van der Waals surface area contributed by atoms with Crippen molar-refractivity contribution in [2.45, 2.75) is 71.6 Å². The zero-order valence-electron chi connectivity index (χ0n) is 27.3. The Morgan fingerprint density at radius 3 is 1.83 bits per heavy atom. The van der Waals surface area contributed by atoms with E-state index in [9.17, 15) is 0 Å². The summed E-state index contributed by atoms with van der Waals surface area (Å²) in [7, 11) is 0. The van der Waals surface area contributed by atoms with E-state index in [4.69, 9.17) is 9.47 Å². The summed E-state index contributed by atoms with van der Waals surface area (Å²) < 4.78 is 10.8. The lowest BCUT2D eigenvalue weighted by molar-refractivity contribution is 0.106. The summed E-state index contributed by atoms with van der Waals surface area (Å²) in [5.74, 6) is 3.50. The van der Waals surface area contributed by atoms with Crippen LogP contribution in [0.1, 0.15) is 70.6 Å². The fourth-order valence-electron chi connectivity index (χ4n) is 7.61. The van der Waals surface area contributed by atoms with Crippen LogP contribution in [0.25, 0.3) is 0 Å². The van der Waals surface area contributed by atoms with Crippen LogP contribution in [0.4, 0.5) is 0 Å². The largest absolute Gasteiger partial charge is 0.381 e. The van der Waals surface area contributed by atoms with Gasteiger partial charge in [0.2, 0.25) is 0 Å². The molecule has 1 N–H and O–H groups in total. The number of benzene rings is 2. The molecule has 2 aliphatic carbocycles. The molecule has 4 nitrogen and oxygen atoms in total. The predicted molar refractivity (Wildman–Crippen MR) is 183 cm³/mol. The fraction of sp³-hybridized carbons (Fsp3) is 0.676. The molecule has 4 unspecified atom stereocenters. The number of halogens is 1. The van der Waals surface area contributed by atoms with Gasteiger partial charge in [0.1, 0.15) is 0 Å². The van der Waals surface area contributed by atoms with Crippen molar-refractivity contribution >= 4 is 15.9 Å². The summed E-state index contributed by atoms with van der Waals surface area (Å²) in [4.78, 5) is 2.59. The van der Waals surface area contributed by atoms with Crippen LogP contribution in [0, 0.1) is 37.5 Å². The van der Waals surface area contributed by atoms with Crippen LogP contribution in [0.5, 0.6) is 0 Å². The van der Waals surface area contributed by atoms with Gasteiger partial charge in [0, 0.05) is 50.4 Å². The summed E-state index contributed by atoms with van der Waals surface area (Å²) in [6, 6.07) is 18.1. The second kappa shape index (κ2) is 15.7. The Morgan fingerprint density at radius 2 is 1.33 bits per heavy atom. The van der Waals surface area contributed by atoms with E-state index in [1.54, 1.807) is 11.1 Å². The molecule has 2 aliphatic heterocycles. The van der Waals surface area contributed by atoms with Crippen molar-refractivity contribution in [2.75, 3.05) is 64.5 Å². The van der Waals surface area contributed by atoms with Gasteiger partial charge < -0.3 is 19.7 Å². The lowest BCUT2D eigenvalue weighted by Gasteiger charge is -2.24.